The summed E-state index contributed by atoms with van der Waals surface area (Å²) >= 11 is 4.76. The van der Waals surface area contributed by atoms with Gasteiger partial charge in [-0.15, -0.1) is 5.10 Å². The second kappa shape index (κ2) is 4.74. The zero-order chi connectivity index (χ0) is 13.4. The molecule has 0 fully saturated rings. The maximum atomic E-state index is 5.83. The molecule has 7 nitrogen and oxygen atoms in total. The smallest absolute Gasteiger partial charge is 0.258 e. The Morgan fingerprint density at radius 1 is 1.26 bits per heavy atom. The number of anilines is 1. The molecule has 2 N–H and O–H groups in total. The summed E-state index contributed by atoms with van der Waals surface area (Å²) in [6.45, 7) is 0. The van der Waals surface area contributed by atoms with Gasteiger partial charge < -0.3 is 5.73 Å². The van der Waals surface area contributed by atoms with Crippen LogP contribution in [-0.2, 0) is 0 Å². The van der Waals surface area contributed by atoms with Gasteiger partial charge in [-0.3, -0.25) is 4.98 Å². The maximum absolute atomic E-state index is 5.83. The van der Waals surface area contributed by atoms with Crippen LogP contribution in [0.2, 0.25) is 0 Å². The van der Waals surface area contributed by atoms with Gasteiger partial charge in [0.2, 0.25) is 5.95 Å². The first kappa shape index (κ1) is 12.3. The van der Waals surface area contributed by atoms with Gasteiger partial charge in [0.05, 0.1) is 0 Å². The van der Waals surface area contributed by atoms with Crippen LogP contribution in [0.3, 0.4) is 0 Å². The monoisotopic (exact) mass is 337 g/mol. The highest BCUT2D eigenvalue weighted by molar-refractivity contribution is 9.10. The molecule has 0 unspecified atom stereocenters. The van der Waals surface area contributed by atoms with Crippen LogP contribution in [0, 0.1) is 0 Å². The lowest BCUT2D eigenvalue weighted by Crippen LogP contribution is -2.04. The lowest BCUT2D eigenvalue weighted by atomic mass is 10.3. The number of nitrogen functional groups attached to an aromatic ring is 1. The number of pyridine rings is 1. The van der Waals surface area contributed by atoms with E-state index in [9.17, 15) is 0 Å². The Balaban J connectivity index is 2.19. The van der Waals surface area contributed by atoms with Crippen molar-refractivity contribution in [3.05, 3.63) is 22.9 Å². The first-order valence-corrected chi connectivity index (χ1v) is 7.24. The minimum Gasteiger partial charge on any atom is -0.368 e. The van der Waals surface area contributed by atoms with Gasteiger partial charge in [0.15, 0.2) is 11.0 Å². The van der Waals surface area contributed by atoms with Gasteiger partial charge in [-0.05, 0) is 28.3 Å². The zero-order valence-electron chi connectivity index (χ0n) is 9.78. The van der Waals surface area contributed by atoms with E-state index in [1.165, 1.54) is 16.3 Å². The highest BCUT2D eigenvalue weighted by Crippen LogP contribution is 2.20. The molecule has 0 radical (unpaired) electrons. The predicted molar refractivity (Wildman–Crippen MR) is 75.7 cm³/mol. The van der Waals surface area contributed by atoms with E-state index in [-0.39, 0.29) is 5.95 Å². The summed E-state index contributed by atoms with van der Waals surface area (Å²) in [6, 6.07) is 1.88. The Morgan fingerprint density at radius 2 is 2.11 bits per heavy atom. The van der Waals surface area contributed by atoms with Gasteiger partial charge in [-0.2, -0.15) is 19.5 Å². The quantitative estimate of drug-likeness (QED) is 0.710. The summed E-state index contributed by atoms with van der Waals surface area (Å²) in [5, 5.41) is 4.85. The second-order valence-corrected chi connectivity index (χ2v) is 5.30. The van der Waals surface area contributed by atoms with Gasteiger partial charge in [0.1, 0.15) is 0 Å². The molecule has 9 heteroatoms. The van der Waals surface area contributed by atoms with Crippen LogP contribution in [-0.4, -0.2) is 35.8 Å². The lowest BCUT2D eigenvalue weighted by Gasteiger charge is -1.97. The highest BCUT2D eigenvalue weighted by atomic mass is 79.9. The number of halogens is 1. The van der Waals surface area contributed by atoms with Gasteiger partial charge in [-0.1, -0.05) is 11.8 Å². The molecule has 0 aromatic carbocycles. The van der Waals surface area contributed by atoms with Crippen molar-refractivity contribution in [1.82, 2.24) is 29.5 Å². The number of aromatic nitrogens is 6. The number of nitrogens with zero attached hydrogens (tertiary/aromatic N) is 6. The van der Waals surface area contributed by atoms with E-state index < -0.39 is 0 Å². The molecule has 19 heavy (non-hydrogen) atoms. The number of fused-ring (bicyclic) bond motifs is 1. The van der Waals surface area contributed by atoms with Crippen LogP contribution in [0.25, 0.3) is 17.2 Å². The van der Waals surface area contributed by atoms with Crippen LogP contribution in [0.15, 0.2) is 28.1 Å². The summed E-state index contributed by atoms with van der Waals surface area (Å²) < 4.78 is 2.27. The first-order valence-electron chi connectivity index (χ1n) is 5.22. The number of hydrogen-bond acceptors (Lipinski definition) is 7. The van der Waals surface area contributed by atoms with E-state index in [1.54, 1.807) is 12.4 Å². The van der Waals surface area contributed by atoms with Crippen molar-refractivity contribution in [2.75, 3.05) is 12.0 Å². The third-order valence-electron chi connectivity index (χ3n) is 2.36. The van der Waals surface area contributed by atoms with Crippen molar-refractivity contribution in [3.8, 4) is 11.4 Å². The van der Waals surface area contributed by atoms with Crippen LogP contribution < -0.4 is 5.73 Å². The molecule has 0 bridgehead atoms. The molecule has 3 heterocycles. The van der Waals surface area contributed by atoms with Crippen molar-refractivity contribution >= 4 is 39.4 Å². The highest BCUT2D eigenvalue weighted by Gasteiger charge is 2.12. The molecule has 0 aliphatic heterocycles. The van der Waals surface area contributed by atoms with Gasteiger partial charge in [0.25, 0.3) is 5.78 Å². The van der Waals surface area contributed by atoms with Crippen molar-refractivity contribution < 1.29 is 0 Å². The van der Waals surface area contributed by atoms with E-state index in [1.807, 2.05) is 12.3 Å². The average molecular weight is 338 g/mol. The summed E-state index contributed by atoms with van der Waals surface area (Å²) in [6.07, 6.45) is 5.25. The number of hydrogen-bond donors (Lipinski definition) is 1. The fourth-order valence-corrected chi connectivity index (χ4v) is 2.26. The van der Waals surface area contributed by atoms with Crippen molar-refractivity contribution in [2.24, 2.45) is 0 Å². The van der Waals surface area contributed by atoms with Gasteiger partial charge in [0, 0.05) is 22.4 Å². The molecule has 0 aliphatic carbocycles. The largest absolute Gasteiger partial charge is 0.368 e. The minimum absolute atomic E-state index is 0.260. The molecular weight excluding hydrogens is 330 g/mol. The van der Waals surface area contributed by atoms with E-state index in [0.717, 1.165) is 10.0 Å². The molecule has 96 valence electrons. The SMILES string of the molecule is CSc1nc(N)n2nc(-c3cncc(Br)c3)nc2n1. The van der Waals surface area contributed by atoms with Crippen LogP contribution >= 0.6 is 27.7 Å². The van der Waals surface area contributed by atoms with Crippen LogP contribution in [0.5, 0.6) is 0 Å². The summed E-state index contributed by atoms with van der Waals surface area (Å²) in [5.74, 6) is 1.19. The van der Waals surface area contributed by atoms with E-state index in [0.29, 0.717) is 16.8 Å². The zero-order valence-corrected chi connectivity index (χ0v) is 12.2. The standard InChI is InChI=1S/C10H8BrN7S/c1-19-10-15-8(12)18-9(16-10)14-7(17-18)5-2-6(11)4-13-3-5/h2-4H,1H3,(H2,12,14,15,16,17). The third-order valence-corrected chi connectivity index (χ3v) is 3.34. The van der Waals surface area contributed by atoms with E-state index in [4.69, 9.17) is 5.73 Å². The van der Waals surface area contributed by atoms with Gasteiger partial charge in [-0.25, -0.2) is 0 Å². The molecule has 3 aromatic heterocycles. The molecule has 3 rings (SSSR count). The molecule has 0 spiro atoms. The second-order valence-electron chi connectivity index (χ2n) is 3.61. The van der Waals surface area contributed by atoms with E-state index >= 15 is 0 Å². The van der Waals surface area contributed by atoms with Crippen LogP contribution in [0.1, 0.15) is 0 Å². The average Bonchev–Trinajstić information content (AvgIpc) is 2.83. The Hall–Kier alpha value is -1.74. The fraction of sp³-hybridized carbons (Fsp3) is 0.100. The lowest BCUT2D eigenvalue weighted by molar-refractivity contribution is 0.851. The molecule has 0 saturated heterocycles. The Morgan fingerprint density at radius 3 is 2.84 bits per heavy atom. The van der Waals surface area contributed by atoms with Crippen molar-refractivity contribution in [1.29, 1.82) is 0 Å². The summed E-state index contributed by atoms with van der Waals surface area (Å²) in [4.78, 5) is 16.8. The van der Waals surface area contributed by atoms with Crippen molar-refractivity contribution in [3.63, 3.8) is 0 Å². The predicted octanol–water partition coefficient (Wildman–Crippen LogP) is 1.65. The molecule has 0 atom stereocenters. The molecule has 3 aromatic rings. The summed E-state index contributed by atoms with van der Waals surface area (Å²) in [7, 11) is 0. The topological polar surface area (TPSA) is 94.9 Å². The van der Waals surface area contributed by atoms with E-state index in [2.05, 4.69) is 41.0 Å². The Bertz CT molecular complexity index is 757. The number of rotatable bonds is 2. The molecular formula is C10H8BrN7S. The molecule has 0 saturated carbocycles. The van der Waals surface area contributed by atoms with Gasteiger partial charge >= 0.3 is 0 Å². The maximum Gasteiger partial charge on any atom is 0.258 e. The van der Waals surface area contributed by atoms with Crippen LogP contribution in [0.4, 0.5) is 5.95 Å². The summed E-state index contributed by atoms with van der Waals surface area (Å²) in [5.41, 5.74) is 6.61. The Kier molecular flexibility index (Phi) is 3.07. The number of nitrogens with two attached hydrogens (primary N) is 1. The fourth-order valence-electron chi connectivity index (χ4n) is 1.53. The molecule has 0 amide bonds. The minimum atomic E-state index is 0.260. The Labute approximate surface area is 120 Å². The van der Waals surface area contributed by atoms with Crippen molar-refractivity contribution in [2.45, 2.75) is 5.16 Å². The number of thioether (sulfide) groups is 1. The first-order chi connectivity index (χ1) is 9.17. The third kappa shape index (κ3) is 2.26. The molecule has 0 aliphatic rings. The normalized spacial score (nSPS) is 11.1.